The Labute approximate surface area is 107 Å². The second-order valence-corrected chi connectivity index (χ2v) is 4.02. The molecule has 1 amide bonds. The molecule has 0 unspecified atom stereocenters. The highest BCUT2D eigenvalue weighted by atomic mass is 35.5. The Kier molecular flexibility index (Phi) is 4.37. The molecule has 1 aliphatic heterocycles. The van der Waals surface area contributed by atoms with E-state index in [1.807, 2.05) is 18.2 Å². The molecule has 1 atom stereocenters. The maximum Gasteiger partial charge on any atom is 0.243 e. The van der Waals surface area contributed by atoms with Gasteiger partial charge in [0.25, 0.3) is 0 Å². The Morgan fingerprint density at radius 1 is 1.53 bits per heavy atom. The third kappa shape index (κ3) is 2.53. The van der Waals surface area contributed by atoms with Crippen LogP contribution in [0.25, 0.3) is 0 Å². The van der Waals surface area contributed by atoms with Crippen molar-refractivity contribution < 1.29 is 9.53 Å². The van der Waals surface area contributed by atoms with Crippen molar-refractivity contribution in [1.29, 1.82) is 0 Å². The molecule has 5 heteroatoms. The van der Waals surface area contributed by atoms with Gasteiger partial charge in [0.15, 0.2) is 0 Å². The number of carbonyl (C=O) groups excluding carboxylic acids is 1. The Morgan fingerprint density at radius 2 is 2.24 bits per heavy atom. The standard InChI is InChI=1S/C12H16N2O2.ClH/c1-8(13)12(15)14-6-5-9-7-10(16-2)3-4-11(9)14;/h3-4,7-8H,5-6,13H2,1-2H3;1H/t8-;/m1./s1. The molecule has 0 radical (unpaired) electrons. The van der Waals surface area contributed by atoms with Crippen molar-refractivity contribution in [2.45, 2.75) is 19.4 Å². The highest BCUT2D eigenvalue weighted by Gasteiger charge is 2.26. The smallest absolute Gasteiger partial charge is 0.243 e. The van der Waals surface area contributed by atoms with Gasteiger partial charge in [-0.15, -0.1) is 12.4 Å². The fourth-order valence-electron chi connectivity index (χ4n) is 1.98. The first kappa shape index (κ1) is 13.8. The number of halogens is 1. The van der Waals surface area contributed by atoms with Gasteiger partial charge >= 0.3 is 0 Å². The van der Waals surface area contributed by atoms with Gasteiger partial charge in [-0.05, 0) is 37.1 Å². The fourth-order valence-corrected chi connectivity index (χ4v) is 1.98. The highest BCUT2D eigenvalue weighted by Crippen LogP contribution is 2.31. The van der Waals surface area contributed by atoms with Crippen LogP contribution in [0.4, 0.5) is 5.69 Å². The maximum absolute atomic E-state index is 11.8. The molecule has 0 saturated carbocycles. The maximum atomic E-state index is 11.8. The highest BCUT2D eigenvalue weighted by molar-refractivity contribution is 5.98. The van der Waals surface area contributed by atoms with Crippen molar-refractivity contribution in [2.75, 3.05) is 18.6 Å². The van der Waals surface area contributed by atoms with Crippen molar-refractivity contribution >= 4 is 24.0 Å². The Morgan fingerprint density at radius 3 is 2.82 bits per heavy atom. The van der Waals surface area contributed by atoms with Crippen LogP contribution >= 0.6 is 12.4 Å². The average molecular weight is 257 g/mol. The van der Waals surface area contributed by atoms with E-state index in [1.54, 1.807) is 18.9 Å². The van der Waals surface area contributed by atoms with Gasteiger partial charge in [0.2, 0.25) is 5.91 Å². The molecule has 0 bridgehead atoms. The van der Waals surface area contributed by atoms with Gasteiger partial charge in [0.05, 0.1) is 13.2 Å². The third-order valence-corrected chi connectivity index (χ3v) is 2.84. The van der Waals surface area contributed by atoms with Crippen LogP contribution in [0.2, 0.25) is 0 Å². The number of hydrogen-bond acceptors (Lipinski definition) is 3. The zero-order valence-corrected chi connectivity index (χ0v) is 10.8. The molecule has 1 heterocycles. The zero-order chi connectivity index (χ0) is 11.7. The molecule has 0 saturated heterocycles. The van der Waals surface area contributed by atoms with Gasteiger partial charge in [-0.25, -0.2) is 0 Å². The van der Waals surface area contributed by atoms with E-state index >= 15 is 0 Å². The molecule has 1 aromatic rings. The topological polar surface area (TPSA) is 55.6 Å². The second-order valence-electron chi connectivity index (χ2n) is 4.02. The molecule has 0 aromatic heterocycles. The molecular weight excluding hydrogens is 240 g/mol. The minimum absolute atomic E-state index is 0. The van der Waals surface area contributed by atoms with E-state index < -0.39 is 6.04 Å². The SMILES string of the molecule is COc1ccc2c(c1)CCN2C(=O)[C@@H](C)N.Cl. The summed E-state index contributed by atoms with van der Waals surface area (Å²) in [4.78, 5) is 13.6. The number of ether oxygens (including phenoxy) is 1. The lowest BCUT2D eigenvalue weighted by atomic mass is 10.1. The van der Waals surface area contributed by atoms with Crippen LogP contribution in [0.15, 0.2) is 18.2 Å². The predicted octanol–water partition coefficient (Wildman–Crippen LogP) is 1.35. The van der Waals surface area contributed by atoms with Crippen LogP contribution in [0.3, 0.4) is 0 Å². The van der Waals surface area contributed by atoms with Gasteiger partial charge in [0, 0.05) is 12.2 Å². The summed E-state index contributed by atoms with van der Waals surface area (Å²) in [5.74, 6) is 0.803. The van der Waals surface area contributed by atoms with E-state index in [0.29, 0.717) is 6.54 Å². The number of benzene rings is 1. The molecule has 0 spiro atoms. The van der Waals surface area contributed by atoms with Crippen molar-refractivity contribution in [1.82, 2.24) is 0 Å². The number of carbonyl (C=O) groups is 1. The summed E-state index contributed by atoms with van der Waals surface area (Å²) in [7, 11) is 1.64. The van der Waals surface area contributed by atoms with Crippen LogP contribution in [-0.4, -0.2) is 25.6 Å². The second kappa shape index (κ2) is 5.38. The summed E-state index contributed by atoms with van der Waals surface area (Å²) >= 11 is 0. The van der Waals surface area contributed by atoms with Gasteiger partial charge in [0.1, 0.15) is 5.75 Å². The summed E-state index contributed by atoms with van der Waals surface area (Å²) in [6.45, 7) is 2.42. The van der Waals surface area contributed by atoms with Gasteiger partial charge < -0.3 is 15.4 Å². The summed E-state index contributed by atoms with van der Waals surface area (Å²) in [6.07, 6.45) is 0.866. The predicted molar refractivity (Wildman–Crippen MR) is 69.9 cm³/mol. The monoisotopic (exact) mass is 256 g/mol. The number of rotatable bonds is 2. The van der Waals surface area contributed by atoms with Gasteiger partial charge in [-0.1, -0.05) is 0 Å². The molecule has 1 aliphatic rings. The molecule has 2 N–H and O–H groups in total. The van der Waals surface area contributed by atoms with Crippen molar-refractivity contribution in [3.63, 3.8) is 0 Å². The molecule has 4 nitrogen and oxygen atoms in total. The van der Waals surface area contributed by atoms with Crippen LogP contribution in [0, 0.1) is 0 Å². The number of hydrogen-bond donors (Lipinski definition) is 1. The van der Waals surface area contributed by atoms with Crippen molar-refractivity contribution in [2.24, 2.45) is 5.73 Å². The van der Waals surface area contributed by atoms with Crippen LogP contribution in [0.5, 0.6) is 5.75 Å². The van der Waals surface area contributed by atoms with E-state index in [2.05, 4.69) is 0 Å². The molecule has 17 heavy (non-hydrogen) atoms. The third-order valence-electron chi connectivity index (χ3n) is 2.84. The molecule has 1 aromatic carbocycles. The average Bonchev–Trinajstić information content (AvgIpc) is 2.70. The molecular formula is C12H17ClN2O2. The molecule has 94 valence electrons. The van der Waals surface area contributed by atoms with Crippen LogP contribution in [-0.2, 0) is 11.2 Å². The van der Waals surface area contributed by atoms with Crippen molar-refractivity contribution in [3.05, 3.63) is 23.8 Å². The van der Waals surface area contributed by atoms with E-state index in [4.69, 9.17) is 10.5 Å². The summed E-state index contributed by atoms with van der Waals surface area (Å²) < 4.78 is 5.15. The molecule has 0 fully saturated rings. The van der Waals surface area contributed by atoms with E-state index in [1.165, 1.54) is 0 Å². The number of amides is 1. The van der Waals surface area contributed by atoms with E-state index in [9.17, 15) is 4.79 Å². The first-order valence-corrected chi connectivity index (χ1v) is 5.37. The van der Waals surface area contributed by atoms with Gasteiger partial charge in [-0.2, -0.15) is 0 Å². The normalized spacial score (nSPS) is 14.9. The van der Waals surface area contributed by atoms with Crippen LogP contribution < -0.4 is 15.4 Å². The minimum Gasteiger partial charge on any atom is -0.497 e. The number of anilines is 1. The quantitative estimate of drug-likeness (QED) is 0.869. The lowest BCUT2D eigenvalue weighted by molar-refractivity contribution is -0.119. The first-order chi connectivity index (χ1) is 7.63. The van der Waals surface area contributed by atoms with Crippen molar-refractivity contribution in [3.8, 4) is 5.75 Å². The number of nitrogens with zero attached hydrogens (tertiary/aromatic N) is 1. The lowest BCUT2D eigenvalue weighted by Crippen LogP contribution is -2.41. The Bertz CT molecular complexity index is 421. The minimum atomic E-state index is -0.451. The van der Waals surface area contributed by atoms with Gasteiger partial charge in [-0.3, -0.25) is 4.79 Å². The Balaban J connectivity index is 0.00000144. The summed E-state index contributed by atoms with van der Waals surface area (Å²) in [5, 5.41) is 0. The molecule has 2 rings (SSSR count). The summed E-state index contributed by atoms with van der Waals surface area (Å²) in [5.41, 5.74) is 7.72. The number of methoxy groups -OCH3 is 1. The first-order valence-electron chi connectivity index (χ1n) is 5.37. The van der Waals surface area contributed by atoms with E-state index in [-0.39, 0.29) is 18.3 Å². The summed E-state index contributed by atoms with van der Waals surface area (Å²) in [6, 6.07) is 5.31. The lowest BCUT2D eigenvalue weighted by Gasteiger charge is -2.19. The largest absolute Gasteiger partial charge is 0.497 e. The molecule has 0 aliphatic carbocycles. The Hall–Kier alpha value is -1.26. The zero-order valence-electron chi connectivity index (χ0n) is 9.97. The number of fused-ring (bicyclic) bond motifs is 1. The number of nitrogens with two attached hydrogens (primary N) is 1. The fraction of sp³-hybridized carbons (Fsp3) is 0.417. The van der Waals surface area contributed by atoms with Crippen LogP contribution in [0.1, 0.15) is 12.5 Å². The van der Waals surface area contributed by atoms with E-state index in [0.717, 1.165) is 23.4 Å².